The first-order chi connectivity index (χ1) is 12.3. The molecule has 1 saturated carbocycles. The molecule has 1 aliphatic heterocycles. The fourth-order valence-corrected chi connectivity index (χ4v) is 3.24. The van der Waals surface area contributed by atoms with Crippen LogP contribution in [0.4, 0.5) is 0 Å². The van der Waals surface area contributed by atoms with Crippen LogP contribution in [-0.2, 0) is 5.54 Å². The van der Waals surface area contributed by atoms with Gasteiger partial charge in [-0.1, -0.05) is 6.07 Å². The zero-order valence-electron chi connectivity index (χ0n) is 13.4. The van der Waals surface area contributed by atoms with Crippen LogP contribution in [-0.4, -0.2) is 33.9 Å². The Morgan fingerprint density at radius 1 is 1.12 bits per heavy atom. The molecule has 7 nitrogen and oxygen atoms in total. The van der Waals surface area contributed by atoms with Gasteiger partial charge in [-0.2, -0.15) is 14.8 Å². The van der Waals surface area contributed by atoms with E-state index < -0.39 is 0 Å². The van der Waals surface area contributed by atoms with Crippen molar-refractivity contribution in [3.05, 3.63) is 53.9 Å². The molecule has 2 aliphatic rings. The first kappa shape index (κ1) is 14.3. The largest absolute Gasteiger partial charge is 0.486 e. The Labute approximate surface area is 143 Å². The van der Waals surface area contributed by atoms with Gasteiger partial charge >= 0.3 is 0 Å². The van der Waals surface area contributed by atoms with Gasteiger partial charge in [0, 0.05) is 6.20 Å². The van der Waals surface area contributed by atoms with E-state index >= 15 is 0 Å². The number of rotatable bonds is 3. The molecule has 25 heavy (non-hydrogen) atoms. The Morgan fingerprint density at radius 2 is 1.96 bits per heavy atom. The molecule has 2 aromatic heterocycles. The van der Waals surface area contributed by atoms with E-state index in [9.17, 15) is 4.79 Å². The summed E-state index contributed by atoms with van der Waals surface area (Å²) < 4.78 is 12.7. The zero-order chi connectivity index (χ0) is 16.9. The predicted octanol–water partition coefficient (Wildman–Crippen LogP) is 1.92. The van der Waals surface area contributed by atoms with Gasteiger partial charge in [-0.25, -0.2) is 0 Å². The molecule has 1 aliphatic carbocycles. The molecule has 0 radical (unpaired) electrons. The van der Waals surface area contributed by atoms with Crippen LogP contribution in [0.5, 0.6) is 11.5 Å². The van der Waals surface area contributed by atoms with Gasteiger partial charge in [0.25, 0.3) is 5.91 Å². The highest BCUT2D eigenvalue weighted by atomic mass is 16.6. The zero-order valence-corrected chi connectivity index (χ0v) is 13.4. The molecule has 0 saturated heterocycles. The van der Waals surface area contributed by atoms with Crippen molar-refractivity contribution in [1.29, 1.82) is 0 Å². The first-order valence-corrected chi connectivity index (χ1v) is 8.27. The smallest absolute Gasteiger partial charge is 0.255 e. The molecule has 7 heteroatoms. The van der Waals surface area contributed by atoms with Crippen LogP contribution in [0.15, 0.2) is 42.7 Å². The minimum Gasteiger partial charge on any atom is -0.486 e. The maximum atomic E-state index is 12.8. The van der Waals surface area contributed by atoms with Crippen LogP contribution < -0.4 is 14.8 Å². The van der Waals surface area contributed by atoms with Gasteiger partial charge in [0.05, 0.1) is 17.3 Å². The van der Waals surface area contributed by atoms with Crippen LogP contribution in [0.3, 0.4) is 0 Å². The Kier molecular flexibility index (Phi) is 2.97. The fraction of sp³-hybridized carbons (Fsp3) is 0.278. The molecule has 0 bridgehead atoms. The lowest BCUT2D eigenvalue weighted by atomic mass is 10.0. The predicted molar refractivity (Wildman–Crippen MR) is 88.8 cm³/mol. The van der Waals surface area contributed by atoms with Gasteiger partial charge in [0.1, 0.15) is 18.7 Å². The van der Waals surface area contributed by atoms with Crippen LogP contribution in [0.1, 0.15) is 28.8 Å². The molecular weight excluding hydrogens is 320 g/mol. The van der Waals surface area contributed by atoms with Gasteiger partial charge < -0.3 is 14.8 Å². The van der Waals surface area contributed by atoms with Crippen LogP contribution in [0, 0.1) is 0 Å². The average Bonchev–Trinajstić information content (AvgIpc) is 3.30. The molecule has 1 N–H and O–H groups in total. The van der Waals surface area contributed by atoms with E-state index in [-0.39, 0.29) is 11.4 Å². The molecule has 0 spiro atoms. The van der Waals surface area contributed by atoms with Crippen molar-refractivity contribution in [2.45, 2.75) is 18.4 Å². The molecule has 3 heterocycles. The van der Waals surface area contributed by atoms with E-state index in [1.54, 1.807) is 18.5 Å². The molecule has 3 aromatic rings. The van der Waals surface area contributed by atoms with Crippen molar-refractivity contribution in [3.8, 4) is 11.5 Å². The summed E-state index contributed by atoms with van der Waals surface area (Å²) in [5.74, 6) is 1.35. The first-order valence-electron chi connectivity index (χ1n) is 8.27. The molecule has 5 rings (SSSR count). The monoisotopic (exact) mass is 336 g/mol. The normalized spacial score (nSPS) is 17.3. The molecule has 1 aromatic carbocycles. The summed E-state index contributed by atoms with van der Waals surface area (Å²) in [7, 11) is 0. The average molecular weight is 336 g/mol. The van der Waals surface area contributed by atoms with Crippen molar-refractivity contribution in [3.63, 3.8) is 0 Å². The minimum atomic E-state index is -0.344. The van der Waals surface area contributed by atoms with Gasteiger partial charge in [0.15, 0.2) is 11.5 Å². The quantitative estimate of drug-likeness (QED) is 0.791. The second-order valence-electron chi connectivity index (χ2n) is 6.35. The third-order valence-electron chi connectivity index (χ3n) is 4.75. The Morgan fingerprint density at radius 3 is 2.80 bits per heavy atom. The highest BCUT2D eigenvalue weighted by Gasteiger charge is 2.46. The van der Waals surface area contributed by atoms with Crippen molar-refractivity contribution >= 4 is 11.4 Å². The number of aromatic nitrogens is 3. The SMILES string of the molecule is O=C(NC1(c2ccc3c(c2)OCCO3)CC1)c1cnn2ncccc12. The van der Waals surface area contributed by atoms with Gasteiger partial charge in [-0.15, -0.1) is 0 Å². The fourth-order valence-electron chi connectivity index (χ4n) is 3.24. The molecular formula is C18H16N4O3. The number of hydrogen-bond acceptors (Lipinski definition) is 5. The highest BCUT2D eigenvalue weighted by Crippen LogP contribution is 2.48. The summed E-state index contributed by atoms with van der Waals surface area (Å²) in [6.07, 6.45) is 4.99. The maximum absolute atomic E-state index is 12.8. The molecule has 1 amide bonds. The second kappa shape index (κ2) is 5.20. The van der Waals surface area contributed by atoms with Crippen molar-refractivity contribution < 1.29 is 14.3 Å². The van der Waals surface area contributed by atoms with Gasteiger partial charge in [0.2, 0.25) is 0 Å². The van der Waals surface area contributed by atoms with Crippen LogP contribution in [0.25, 0.3) is 5.52 Å². The number of amides is 1. The summed E-state index contributed by atoms with van der Waals surface area (Å²) in [6.45, 7) is 1.11. The summed E-state index contributed by atoms with van der Waals surface area (Å²) in [5.41, 5.74) is 1.92. The number of ether oxygens (including phenoxy) is 2. The van der Waals surface area contributed by atoms with Crippen LogP contribution >= 0.6 is 0 Å². The van der Waals surface area contributed by atoms with E-state index in [1.807, 2.05) is 24.3 Å². The second-order valence-corrected chi connectivity index (χ2v) is 6.35. The lowest BCUT2D eigenvalue weighted by Crippen LogP contribution is -2.35. The summed E-state index contributed by atoms with van der Waals surface area (Å²) in [5, 5.41) is 11.4. The van der Waals surface area contributed by atoms with Gasteiger partial charge in [-0.3, -0.25) is 4.79 Å². The van der Waals surface area contributed by atoms with E-state index in [0.29, 0.717) is 24.3 Å². The number of carbonyl (C=O) groups excluding carboxylic acids is 1. The van der Waals surface area contributed by atoms with E-state index in [2.05, 4.69) is 15.5 Å². The minimum absolute atomic E-state index is 0.143. The van der Waals surface area contributed by atoms with Crippen molar-refractivity contribution in [2.75, 3.05) is 13.2 Å². The van der Waals surface area contributed by atoms with E-state index in [1.165, 1.54) is 4.63 Å². The number of fused-ring (bicyclic) bond motifs is 2. The molecule has 0 atom stereocenters. The number of nitrogens with zero attached hydrogens (tertiary/aromatic N) is 3. The highest BCUT2D eigenvalue weighted by molar-refractivity contribution is 6.01. The number of nitrogens with one attached hydrogen (secondary N) is 1. The number of hydrogen-bond donors (Lipinski definition) is 1. The van der Waals surface area contributed by atoms with Crippen molar-refractivity contribution in [1.82, 2.24) is 20.1 Å². The Bertz CT molecular complexity index is 977. The van der Waals surface area contributed by atoms with Gasteiger partial charge in [-0.05, 0) is 42.7 Å². The van der Waals surface area contributed by atoms with Crippen molar-refractivity contribution in [2.24, 2.45) is 0 Å². The van der Waals surface area contributed by atoms with Crippen LogP contribution in [0.2, 0.25) is 0 Å². The Balaban J connectivity index is 1.44. The maximum Gasteiger partial charge on any atom is 0.255 e. The standard InChI is InChI=1S/C18H16N4O3/c23-17(13-11-20-22-14(13)2-1-7-19-22)21-18(5-6-18)12-3-4-15-16(10-12)25-9-8-24-15/h1-4,7,10-11H,5-6,8-9H2,(H,21,23). The molecule has 126 valence electrons. The summed E-state index contributed by atoms with van der Waals surface area (Å²) >= 11 is 0. The summed E-state index contributed by atoms with van der Waals surface area (Å²) in [6, 6.07) is 9.51. The molecule has 0 unspecified atom stereocenters. The molecule has 1 fully saturated rings. The lowest BCUT2D eigenvalue weighted by Gasteiger charge is -2.22. The summed E-state index contributed by atoms with van der Waals surface area (Å²) in [4.78, 5) is 12.8. The third-order valence-corrected chi connectivity index (χ3v) is 4.75. The lowest BCUT2D eigenvalue weighted by molar-refractivity contribution is 0.0932. The van der Waals surface area contributed by atoms with E-state index in [4.69, 9.17) is 9.47 Å². The third kappa shape index (κ3) is 2.31. The Hall–Kier alpha value is -3.09. The number of carbonyl (C=O) groups is 1. The van der Waals surface area contributed by atoms with E-state index in [0.717, 1.165) is 29.9 Å². The topological polar surface area (TPSA) is 77.8 Å². The number of benzene rings is 1.